The van der Waals surface area contributed by atoms with Crippen LogP contribution in [0.25, 0.3) is 0 Å². The molecule has 2 N–H and O–H groups in total. The summed E-state index contributed by atoms with van der Waals surface area (Å²) >= 11 is 0. The standard InChI is InChI=1S/C13H24N4/c1-11(13-15-10-16-17-13)14-9-12-7-5-3-2-4-6-8-12/h10-12,14H,2-9H2,1H3,(H,15,16,17). The Morgan fingerprint density at radius 1 is 1.29 bits per heavy atom. The zero-order valence-electron chi connectivity index (χ0n) is 10.8. The Balaban J connectivity index is 1.72. The first-order valence-corrected chi connectivity index (χ1v) is 6.95. The van der Waals surface area contributed by atoms with E-state index in [1.807, 2.05) is 0 Å². The lowest BCUT2D eigenvalue weighted by molar-refractivity contribution is 0.347. The Hall–Kier alpha value is -0.900. The topological polar surface area (TPSA) is 53.6 Å². The molecule has 1 aromatic rings. The number of aromatic amines is 1. The number of H-pyrrole nitrogens is 1. The molecule has 1 unspecified atom stereocenters. The summed E-state index contributed by atoms with van der Waals surface area (Å²) in [5.74, 6) is 1.79. The van der Waals surface area contributed by atoms with E-state index in [-0.39, 0.29) is 6.04 Å². The van der Waals surface area contributed by atoms with Gasteiger partial charge >= 0.3 is 0 Å². The number of rotatable bonds is 4. The van der Waals surface area contributed by atoms with Crippen LogP contribution < -0.4 is 5.32 Å². The zero-order chi connectivity index (χ0) is 11.9. The molecule has 0 saturated heterocycles. The molecule has 1 aromatic heterocycles. The molecule has 1 aliphatic carbocycles. The summed E-state index contributed by atoms with van der Waals surface area (Å²) in [5.41, 5.74) is 0. The minimum atomic E-state index is 0.281. The summed E-state index contributed by atoms with van der Waals surface area (Å²) in [6.07, 6.45) is 11.4. The van der Waals surface area contributed by atoms with Crippen molar-refractivity contribution in [2.75, 3.05) is 6.54 Å². The second-order valence-electron chi connectivity index (χ2n) is 5.21. The molecule has 17 heavy (non-hydrogen) atoms. The van der Waals surface area contributed by atoms with E-state index in [4.69, 9.17) is 0 Å². The molecule has 1 aliphatic rings. The van der Waals surface area contributed by atoms with E-state index in [9.17, 15) is 0 Å². The van der Waals surface area contributed by atoms with Crippen LogP contribution in [0.2, 0.25) is 0 Å². The maximum Gasteiger partial charge on any atom is 0.141 e. The third-order valence-corrected chi connectivity index (χ3v) is 3.78. The maximum atomic E-state index is 4.18. The summed E-state index contributed by atoms with van der Waals surface area (Å²) in [6, 6.07) is 0.281. The Morgan fingerprint density at radius 3 is 2.65 bits per heavy atom. The highest BCUT2D eigenvalue weighted by molar-refractivity contribution is 4.88. The number of hydrogen-bond acceptors (Lipinski definition) is 3. The lowest BCUT2D eigenvalue weighted by Gasteiger charge is -2.21. The molecule has 0 bridgehead atoms. The van der Waals surface area contributed by atoms with Gasteiger partial charge in [0.05, 0.1) is 6.04 Å². The van der Waals surface area contributed by atoms with Gasteiger partial charge in [0.25, 0.3) is 0 Å². The van der Waals surface area contributed by atoms with Crippen molar-refractivity contribution in [1.82, 2.24) is 20.5 Å². The van der Waals surface area contributed by atoms with Crippen molar-refractivity contribution >= 4 is 0 Å². The fraction of sp³-hybridized carbons (Fsp3) is 0.846. The highest BCUT2D eigenvalue weighted by Gasteiger charge is 2.14. The molecule has 1 fully saturated rings. The van der Waals surface area contributed by atoms with Gasteiger partial charge in [-0.2, -0.15) is 5.10 Å². The fourth-order valence-corrected chi connectivity index (χ4v) is 2.61. The van der Waals surface area contributed by atoms with Crippen LogP contribution in [-0.4, -0.2) is 21.7 Å². The van der Waals surface area contributed by atoms with Gasteiger partial charge in [0.2, 0.25) is 0 Å². The quantitative estimate of drug-likeness (QED) is 0.845. The molecule has 96 valence electrons. The SMILES string of the molecule is CC(NCC1CCCCCCC1)c1ncn[nH]1. The first-order chi connectivity index (χ1) is 8.36. The first-order valence-electron chi connectivity index (χ1n) is 6.95. The van der Waals surface area contributed by atoms with Gasteiger partial charge in [0, 0.05) is 0 Å². The summed E-state index contributed by atoms with van der Waals surface area (Å²) < 4.78 is 0. The van der Waals surface area contributed by atoms with E-state index in [2.05, 4.69) is 27.4 Å². The molecule has 0 spiro atoms. The molecule has 0 aliphatic heterocycles. The predicted octanol–water partition coefficient (Wildman–Crippen LogP) is 2.82. The van der Waals surface area contributed by atoms with Crippen LogP contribution in [0.1, 0.15) is 63.7 Å². The number of nitrogens with one attached hydrogen (secondary N) is 2. The fourth-order valence-electron chi connectivity index (χ4n) is 2.61. The molecule has 4 heteroatoms. The molecule has 1 atom stereocenters. The Bertz CT molecular complexity index is 288. The van der Waals surface area contributed by atoms with Gasteiger partial charge in [-0.1, -0.05) is 32.1 Å². The van der Waals surface area contributed by atoms with E-state index < -0.39 is 0 Å². The lowest BCUT2D eigenvalue weighted by atomic mass is 9.91. The minimum absolute atomic E-state index is 0.281. The van der Waals surface area contributed by atoms with Crippen LogP contribution in [-0.2, 0) is 0 Å². The smallest absolute Gasteiger partial charge is 0.141 e. The van der Waals surface area contributed by atoms with Crippen molar-refractivity contribution in [1.29, 1.82) is 0 Å². The largest absolute Gasteiger partial charge is 0.307 e. The van der Waals surface area contributed by atoms with Gasteiger partial charge < -0.3 is 5.32 Å². The lowest BCUT2D eigenvalue weighted by Crippen LogP contribution is -2.27. The molecule has 0 aromatic carbocycles. The van der Waals surface area contributed by atoms with Gasteiger partial charge in [-0.15, -0.1) is 0 Å². The highest BCUT2D eigenvalue weighted by atomic mass is 15.2. The first kappa shape index (κ1) is 12.6. The van der Waals surface area contributed by atoms with Gasteiger partial charge in [-0.3, -0.25) is 5.10 Å². The van der Waals surface area contributed by atoms with Gasteiger partial charge in [-0.25, -0.2) is 4.98 Å². The van der Waals surface area contributed by atoms with E-state index in [0.29, 0.717) is 0 Å². The Kier molecular flexibility index (Phi) is 4.98. The van der Waals surface area contributed by atoms with Crippen LogP contribution in [0, 0.1) is 5.92 Å². The summed E-state index contributed by atoms with van der Waals surface area (Å²) in [7, 11) is 0. The van der Waals surface area contributed by atoms with Crippen molar-refractivity contribution in [3.05, 3.63) is 12.2 Å². The third kappa shape index (κ3) is 4.11. The van der Waals surface area contributed by atoms with Gasteiger partial charge in [0.1, 0.15) is 12.2 Å². The Labute approximate surface area is 104 Å². The average Bonchev–Trinajstić information content (AvgIpc) is 2.80. The second-order valence-corrected chi connectivity index (χ2v) is 5.21. The van der Waals surface area contributed by atoms with E-state index in [1.54, 1.807) is 6.33 Å². The van der Waals surface area contributed by atoms with Crippen molar-refractivity contribution in [3.8, 4) is 0 Å². The van der Waals surface area contributed by atoms with Crippen molar-refractivity contribution in [2.24, 2.45) is 5.92 Å². The summed E-state index contributed by atoms with van der Waals surface area (Å²) in [4.78, 5) is 4.18. The molecule has 0 amide bonds. The van der Waals surface area contributed by atoms with E-state index >= 15 is 0 Å². The van der Waals surface area contributed by atoms with E-state index in [0.717, 1.165) is 18.3 Å². The number of nitrogens with zero attached hydrogens (tertiary/aromatic N) is 2. The van der Waals surface area contributed by atoms with Crippen molar-refractivity contribution in [3.63, 3.8) is 0 Å². The van der Waals surface area contributed by atoms with Crippen LogP contribution >= 0.6 is 0 Å². The molecule has 2 rings (SSSR count). The summed E-state index contributed by atoms with van der Waals surface area (Å²) in [5, 5.41) is 10.4. The van der Waals surface area contributed by atoms with Crippen LogP contribution in [0.15, 0.2) is 6.33 Å². The summed E-state index contributed by atoms with van der Waals surface area (Å²) in [6.45, 7) is 3.26. The van der Waals surface area contributed by atoms with Crippen molar-refractivity contribution < 1.29 is 0 Å². The predicted molar refractivity (Wildman–Crippen MR) is 68.6 cm³/mol. The molecular weight excluding hydrogens is 212 g/mol. The third-order valence-electron chi connectivity index (χ3n) is 3.78. The van der Waals surface area contributed by atoms with Crippen LogP contribution in [0.4, 0.5) is 0 Å². The molecular formula is C13H24N4. The minimum Gasteiger partial charge on any atom is -0.307 e. The Morgan fingerprint density at radius 2 is 2.00 bits per heavy atom. The van der Waals surface area contributed by atoms with Crippen molar-refractivity contribution in [2.45, 2.75) is 57.9 Å². The molecule has 1 heterocycles. The van der Waals surface area contributed by atoms with E-state index in [1.165, 1.54) is 44.9 Å². The number of hydrogen-bond donors (Lipinski definition) is 2. The highest BCUT2D eigenvalue weighted by Crippen LogP contribution is 2.22. The zero-order valence-corrected chi connectivity index (χ0v) is 10.8. The van der Waals surface area contributed by atoms with Crippen LogP contribution in [0.3, 0.4) is 0 Å². The average molecular weight is 236 g/mol. The molecule has 1 saturated carbocycles. The molecule has 4 nitrogen and oxygen atoms in total. The maximum absolute atomic E-state index is 4.18. The normalized spacial score (nSPS) is 20.8. The molecule has 0 radical (unpaired) electrons. The van der Waals surface area contributed by atoms with Gasteiger partial charge in [0.15, 0.2) is 0 Å². The monoisotopic (exact) mass is 236 g/mol. The van der Waals surface area contributed by atoms with Crippen LogP contribution in [0.5, 0.6) is 0 Å². The second kappa shape index (κ2) is 6.74. The number of aromatic nitrogens is 3. The van der Waals surface area contributed by atoms with Gasteiger partial charge in [-0.05, 0) is 32.2 Å².